The van der Waals surface area contributed by atoms with Crippen molar-refractivity contribution in [2.24, 2.45) is 0 Å². The molecule has 3 N–H and O–H groups in total. The molecule has 0 saturated heterocycles. The zero-order valence-electron chi connectivity index (χ0n) is 18.3. The zero-order chi connectivity index (χ0) is 22.8. The lowest BCUT2D eigenvalue weighted by atomic mass is 10.2. The normalized spacial score (nSPS) is 14.1. The maximum absolute atomic E-state index is 11.3. The lowest BCUT2D eigenvalue weighted by Gasteiger charge is -2.21. The summed E-state index contributed by atoms with van der Waals surface area (Å²) in [7, 11) is -3.48. The van der Waals surface area contributed by atoms with Gasteiger partial charge in [-0.05, 0) is 55.4 Å². The predicted octanol–water partition coefficient (Wildman–Crippen LogP) is 1.77. The van der Waals surface area contributed by atoms with Crippen LogP contribution >= 0.6 is 0 Å². The molecule has 0 aromatic carbocycles. The van der Waals surface area contributed by atoms with Crippen LogP contribution < -0.4 is 10.6 Å². The van der Waals surface area contributed by atoms with Gasteiger partial charge in [-0.25, -0.2) is 9.59 Å². The summed E-state index contributed by atoms with van der Waals surface area (Å²) in [6.07, 6.45) is -0.145. The van der Waals surface area contributed by atoms with Crippen LogP contribution in [0.25, 0.3) is 0 Å². The second kappa shape index (κ2) is 12.1. The maximum Gasteiger partial charge on any atom is 0.407 e. The lowest BCUT2D eigenvalue weighted by molar-refractivity contribution is 0.0481. The molecule has 0 unspecified atom stereocenters. The van der Waals surface area contributed by atoms with Gasteiger partial charge in [0.2, 0.25) is 0 Å². The summed E-state index contributed by atoms with van der Waals surface area (Å²) < 4.78 is 35.8. The fraction of sp³-hybridized carbons (Fsp3) is 0.882. The summed E-state index contributed by atoms with van der Waals surface area (Å²) in [6.45, 7) is 13.7. The molecule has 10 nitrogen and oxygen atoms in total. The van der Waals surface area contributed by atoms with Gasteiger partial charge in [0.05, 0.1) is 31.6 Å². The third kappa shape index (κ3) is 22.5. The molecule has 0 radical (unpaired) electrons. The second-order valence-corrected chi connectivity index (χ2v) is 9.91. The van der Waals surface area contributed by atoms with Crippen LogP contribution in [0.3, 0.4) is 0 Å². The highest BCUT2D eigenvalue weighted by atomic mass is 32.2. The maximum atomic E-state index is 11.3. The number of rotatable bonds is 6. The number of ether oxygens (including phenoxy) is 2. The molecule has 0 saturated carbocycles. The molecular formula is C17H36N2O8S. The van der Waals surface area contributed by atoms with Crippen molar-refractivity contribution in [1.29, 1.82) is 0 Å². The van der Waals surface area contributed by atoms with Crippen molar-refractivity contribution in [2.45, 2.75) is 78.7 Å². The fourth-order valence-electron chi connectivity index (χ4n) is 1.33. The topological polar surface area (TPSA) is 140 Å². The Morgan fingerprint density at radius 1 is 0.893 bits per heavy atom. The zero-order valence-corrected chi connectivity index (χ0v) is 19.1. The Hall–Kier alpha value is -1.59. The van der Waals surface area contributed by atoms with E-state index in [1.165, 1.54) is 0 Å². The van der Waals surface area contributed by atoms with E-state index in [9.17, 15) is 18.0 Å². The first kappa shape index (κ1) is 28.6. The van der Waals surface area contributed by atoms with Crippen LogP contribution in [0.4, 0.5) is 9.59 Å². The minimum absolute atomic E-state index is 0.0841. The number of aliphatic hydroxyl groups excluding tert-OH is 1. The van der Waals surface area contributed by atoms with Crippen molar-refractivity contribution < 1.29 is 36.8 Å². The standard InChI is InChI=1S/C9H19NO5S.C8H17NO3/c1-7(6-14-16(5,12)13)10-8(11)15-9(2,3)4;1-6(5-10)9-7(11)12-8(2,3)4/h7H,6H2,1-5H3,(H,10,11);6,10H,5H2,1-4H3,(H,9,11)/t7-;6-/m11/s1. The highest BCUT2D eigenvalue weighted by Gasteiger charge is 2.18. The highest BCUT2D eigenvalue weighted by molar-refractivity contribution is 7.85. The molecule has 0 aromatic heterocycles. The number of hydrogen-bond donors (Lipinski definition) is 3. The Labute approximate surface area is 168 Å². The summed E-state index contributed by atoms with van der Waals surface area (Å²) in [4.78, 5) is 22.2. The van der Waals surface area contributed by atoms with E-state index in [2.05, 4.69) is 14.8 Å². The van der Waals surface area contributed by atoms with Gasteiger partial charge in [0.1, 0.15) is 11.2 Å². The van der Waals surface area contributed by atoms with E-state index in [-0.39, 0.29) is 19.3 Å². The van der Waals surface area contributed by atoms with Crippen LogP contribution in [-0.4, -0.2) is 68.5 Å². The molecule has 0 spiro atoms. The molecule has 2 atom stereocenters. The minimum Gasteiger partial charge on any atom is -0.444 e. The number of nitrogens with one attached hydrogen (secondary N) is 2. The van der Waals surface area contributed by atoms with E-state index in [1.54, 1.807) is 55.4 Å². The molecule has 0 aromatic rings. The van der Waals surface area contributed by atoms with Crippen molar-refractivity contribution >= 4 is 22.3 Å². The second-order valence-electron chi connectivity index (χ2n) is 8.27. The van der Waals surface area contributed by atoms with Gasteiger partial charge in [-0.3, -0.25) is 4.18 Å². The molecule has 0 bridgehead atoms. The van der Waals surface area contributed by atoms with Crippen molar-refractivity contribution in [3.05, 3.63) is 0 Å². The van der Waals surface area contributed by atoms with Crippen molar-refractivity contribution in [3.63, 3.8) is 0 Å². The molecule has 2 amide bonds. The first-order valence-corrected chi connectivity index (χ1v) is 10.6. The number of carbonyl (C=O) groups excluding carboxylic acids is 2. The number of aliphatic hydroxyl groups is 1. The van der Waals surface area contributed by atoms with Crippen LogP contribution in [0.1, 0.15) is 55.4 Å². The van der Waals surface area contributed by atoms with Crippen LogP contribution in [0.5, 0.6) is 0 Å². The minimum atomic E-state index is -3.48. The third-order valence-corrected chi connectivity index (χ3v) is 2.90. The number of amides is 2. The first-order valence-electron chi connectivity index (χ1n) is 8.79. The van der Waals surface area contributed by atoms with Crippen molar-refractivity contribution in [3.8, 4) is 0 Å². The van der Waals surface area contributed by atoms with Gasteiger partial charge >= 0.3 is 12.2 Å². The molecule has 168 valence electrons. The van der Waals surface area contributed by atoms with Gasteiger partial charge in [0.25, 0.3) is 10.1 Å². The third-order valence-electron chi connectivity index (χ3n) is 2.33. The molecule has 0 aliphatic carbocycles. The number of carbonyl (C=O) groups is 2. The van der Waals surface area contributed by atoms with Crippen molar-refractivity contribution in [1.82, 2.24) is 10.6 Å². The van der Waals surface area contributed by atoms with E-state index >= 15 is 0 Å². The van der Waals surface area contributed by atoms with Crippen molar-refractivity contribution in [2.75, 3.05) is 19.5 Å². The molecular weight excluding hydrogens is 392 g/mol. The Balaban J connectivity index is 0. The molecule has 0 aliphatic rings. The van der Waals surface area contributed by atoms with Gasteiger partial charge in [-0.2, -0.15) is 8.42 Å². The summed E-state index contributed by atoms with van der Waals surface area (Å²) in [5.41, 5.74) is -1.07. The quantitative estimate of drug-likeness (QED) is 0.544. The van der Waals surface area contributed by atoms with Gasteiger partial charge in [-0.15, -0.1) is 0 Å². The first-order chi connectivity index (χ1) is 12.3. The van der Waals surface area contributed by atoms with E-state index < -0.39 is 39.5 Å². The van der Waals surface area contributed by atoms with E-state index in [0.717, 1.165) is 6.26 Å². The monoisotopic (exact) mass is 428 g/mol. The van der Waals surface area contributed by atoms with Gasteiger partial charge in [0, 0.05) is 0 Å². The number of hydrogen-bond acceptors (Lipinski definition) is 8. The smallest absolute Gasteiger partial charge is 0.407 e. The molecule has 0 rings (SSSR count). The molecule has 0 heterocycles. The largest absolute Gasteiger partial charge is 0.444 e. The van der Waals surface area contributed by atoms with Crippen LogP contribution in [0.15, 0.2) is 0 Å². The Morgan fingerprint density at radius 2 is 1.25 bits per heavy atom. The SMILES string of the molecule is C[C@H](CO)NC(=O)OC(C)(C)C.C[C@H](COS(C)(=O)=O)NC(=O)OC(C)(C)C. The van der Waals surface area contributed by atoms with Gasteiger partial charge < -0.3 is 25.2 Å². The highest BCUT2D eigenvalue weighted by Crippen LogP contribution is 2.07. The molecule has 28 heavy (non-hydrogen) atoms. The summed E-state index contributed by atoms with van der Waals surface area (Å²) >= 11 is 0. The van der Waals surface area contributed by atoms with Crippen LogP contribution in [0, 0.1) is 0 Å². The van der Waals surface area contributed by atoms with Crippen LogP contribution in [-0.2, 0) is 23.8 Å². The summed E-state index contributed by atoms with van der Waals surface area (Å²) in [5, 5.41) is 13.5. The summed E-state index contributed by atoms with van der Waals surface area (Å²) in [6, 6.07) is -0.704. The predicted molar refractivity (Wildman–Crippen MR) is 106 cm³/mol. The Bertz CT molecular complexity index is 579. The Morgan fingerprint density at radius 3 is 1.54 bits per heavy atom. The van der Waals surface area contributed by atoms with E-state index in [0.29, 0.717) is 0 Å². The molecule has 0 aliphatic heterocycles. The average molecular weight is 429 g/mol. The van der Waals surface area contributed by atoms with Crippen LogP contribution in [0.2, 0.25) is 0 Å². The van der Waals surface area contributed by atoms with E-state index in [4.69, 9.17) is 14.6 Å². The lowest BCUT2D eigenvalue weighted by Crippen LogP contribution is -2.40. The van der Waals surface area contributed by atoms with Gasteiger partial charge in [0.15, 0.2) is 0 Å². The molecule has 11 heteroatoms. The number of alkyl carbamates (subject to hydrolysis) is 2. The van der Waals surface area contributed by atoms with E-state index in [1.807, 2.05) is 0 Å². The average Bonchev–Trinajstić information content (AvgIpc) is 2.40. The van der Waals surface area contributed by atoms with Gasteiger partial charge in [-0.1, -0.05) is 0 Å². The Kier molecular flexibility index (Phi) is 12.3. The fourth-order valence-corrected chi connectivity index (χ4v) is 1.78. The summed E-state index contributed by atoms with van der Waals surface area (Å²) in [5.74, 6) is 0. The molecule has 0 fully saturated rings.